The van der Waals surface area contributed by atoms with Gasteiger partial charge in [0.2, 0.25) is 0 Å². The monoisotopic (exact) mass is 397 g/mol. The Labute approximate surface area is 172 Å². The molecular formula is C22H28ClN5. The minimum Gasteiger partial charge on any atom is -0.351 e. The minimum atomic E-state index is 0.251. The summed E-state index contributed by atoms with van der Waals surface area (Å²) in [6, 6.07) is 4.99. The third kappa shape index (κ3) is 3.05. The molecule has 4 heterocycles. The lowest BCUT2D eigenvalue weighted by atomic mass is 10.1. The molecule has 0 N–H and O–H groups in total. The summed E-state index contributed by atoms with van der Waals surface area (Å²) in [5, 5.41) is 0.763. The van der Waals surface area contributed by atoms with Crippen LogP contribution >= 0.6 is 11.6 Å². The van der Waals surface area contributed by atoms with Gasteiger partial charge in [-0.25, -0.2) is 4.99 Å². The second-order valence-corrected chi connectivity index (χ2v) is 8.73. The first-order valence-electron chi connectivity index (χ1n) is 10.6. The molecule has 148 valence electrons. The number of aryl methyl sites for hydroxylation is 1. The minimum absolute atomic E-state index is 0.251. The molecule has 1 aromatic rings. The summed E-state index contributed by atoms with van der Waals surface area (Å²) < 4.78 is 0. The van der Waals surface area contributed by atoms with Gasteiger partial charge in [-0.15, -0.1) is 0 Å². The summed E-state index contributed by atoms with van der Waals surface area (Å²) in [5.74, 6) is 2.01. The lowest BCUT2D eigenvalue weighted by Crippen LogP contribution is -2.56. The van der Waals surface area contributed by atoms with Crippen molar-refractivity contribution in [1.29, 1.82) is 0 Å². The Balaban J connectivity index is 1.63. The molecule has 2 unspecified atom stereocenters. The lowest BCUT2D eigenvalue weighted by Gasteiger charge is -2.41. The standard InChI is InChI=1S/C22H28ClN5/c1-3-16-12-17(23)13-19-20(16)25-21(22-24-15(2)6-4-9-28(19)22)27-11-10-26-8-5-7-18(26)14-27/h4,9,12-13,15,18H,3,5-8,10-11,14H2,1-2H3. The highest BCUT2D eigenvalue weighted by Gasteiger charge is 2.37. The number of aliphatic imine (C=N–C) groups is 2. The third-order valence-corrected chi connectivity index (χ3v) is 6.60. The van der Waals surface area contributed by atoms with Gasteiger partial charge in [-0.3, -0.25) is 14.8 Å². The van der Waals surface area contributed by atoms with Crippen LogP contribution in [0.2, 0.25) is 5.02 Å². The first-order valence-corrected chi connectivity index (χ1v) is 11.0. The number of hydrogen-bond acceptors (Lipinski definition) is 5. The van der Waals surface area contributed by atoms with E-state index in [1.54, 1.807) is 0 Å². The van der Waals surface area contributed by atoms with Gasteiger partial charge in [0.25, 0.3) is 0 Å². The van der Waals surface area contributed by atoms with E-state index in [9.17, 15) is 0 Å². The van der Waals surface area contributed by atoms with E-state index in [4.69, 9.17) is 21.6 Å². The number of anilines is 1. The van der Waals surface area contributed by atoms with Crippen LogP contribution in [0.4, 0.5) is 11.4 Å². The highest BCUT2D eigenvalue weighted by molar-refractivity contribution is 6.48. The molecule has 0 bridgehead atoms. The van der Waals surface area contributed by atoms with Crippen LogP contribution in [0.15, 0.2) is 34.4 Å². The molecule has 5 nitrogen and oxygen atoms in total. The van der Waals surface area contributed by atoms with Crippen molar-refractivity contribution in [3.8, 4) is 0 Å². The number of hydrogen-bond donors (Lipinski definition) is 0. The van der Waals surface area contributed by atoms with E-state index in [-0.39, 0.29) is 6.04 Å². The van der Waals surface area contributed by atoms with Crippen molar-refractivity contribution >= 4 is 34.6 Å². The Morgan fingerprint density at radius 3 is 2.93 bits per heavy atom. The summed E-state index contributed by atoms with van der Waals surface area (Å²) >= 11 is 6.45. The van der Waals surface area contributed by atoms with Crippen molar-refractivity contribution in [3.63, 3.8) is 0 Å². The van der Waals surface area contributed by atoms with E-state index in [0.717, 1.165) is 60.5 Å². The fourth-order valence-electron chi connectivity index (χ4n) is 4.89. The SMILES string of the molecule is CCc1cc(Cl)cc2c1N=C(N1CCN3CCCC3C1)C1=NC(C)CC=CN12. The van der Waals surface area contributed by atoms with Crippen LogP contribution < -0.4 is 4.90 Å². The number of piperazine rings is 1. The number of nitrogens with zero attached hydrogens (tertiary/aromatic N) is 5. The van der Waals surface area contributed by atoms with Gasteiger partial charge < -0.3 is 4.90 Å². The zero-order valence-electron chi connectivity index (χ0n) is 16.7. The van der Waals surface area contributed by atoms with E-state index in [0.29, 0.717) is 6.04 Å². The highest BCUT2D eigenvalue weighted by Crippen LogP contribution is 2.41. The average Bonchev–Trinajstić information content (AvgIpc) is 3.07. The molecule has 0 saturated carbocycles. The van der Waals surface area contributed by atoms with Gasteiger partial charge in [0.1, 0.15) is 0 Å². The number of fused-ring (bicyclic) bond motifs is 4. The fourth-order valence-corrected chi connectivity index (χ4v) is 5.13. The van der Waals surface area contributed by atoms with E-state index in [1.807, 2.05) is 6.07 Å². The molecule has 28 heavy (non-hydrogen) atoms. The Morgan fingerprint density at radius 2 is 2.07 bits per heavy atom. The zero-order valence-corrected chi connectivity index (χ0v) is 17.5. The van der Waals surface area contributed by atoms with Crippen LogP contribution in [0.3, 0.4) is 0 Å². The van der Waals surface area contributed by atoms with Crippen molar-refractivity contribution < 1.29 is 0 Å². The second kappa shape index (κ2) is 7.20. The van der Waals surface area contributed by atoms with Gasteiger partial charge >= 0.3 is 0 Å². The molecule has 5 rings (SSSR count). The average molecular weight is 398 g/mol. The number of benzene rings is 1. The Hall–Kier alpha value is -1.85. The Morgan fingerprint density at radius 1 is 1.18 bits per heavy atom. The molecule has 1 aromatic carbocycles. The summed E-state index contributed by atoms with van der Waals surface area (Å²) in [4.78, 5) is 17.6. The predicted octanol–water partition coefficient (Wildman–Crippen LogP) is 4.24. The van der Waals surface area contributed by atoms with Crippen LogP contribution in [-0.4, -0.2) is 59.7 Å². The smallest absolute Gasteiger partial charge is 0.176 e. The van der Waals surface area contributed by atoms with Crippen molar-refractivity contribution in [2.75, 3.05) is 31.1 Å². The van der Waals surface area contributed by atoms with Crippen molar-refractivity contribution in [2.24, 2.45) is 9.98 Å². The van der Waals surface area contributed by atoms with Gasteiger partial charge in [-0.05, 0) is 56.8 Å². The van der Waals surface area contributed by atoms with Gasteiger partial charge in [-0.2, -0.15) is 0 Å². The predicted molar refractivity (Wildman–Crippen MR) is 117 cm³/mol. The molecule has 4 aliphatic rings. The van der Waals surface area contributed by atoms with Gasteiger partial charge in [0.15, 0.2) is 11.7 Å². The molecule has 2 atom stereocenters. The maximum Gasteiger partial charge on any atom is 0.176 e. The summed E-state index contributed by atoms with van der Waals surface area (Å²) in [6.07, 6.45) is 8.85. The van der Waals surface area contributed by atoms with E-state index < -0.39 is 0 Å². The van der Waals surface area contributed by atoms with Crippen LogP contribution in [0.5, 0.6) is 0 Å². The molecule has 0 radical (unpaired) electrons. The maximum absolute atomic E-state index is 6.45. The first-order chi connectivity index (χ1) is 13.6. The van der Waals surface area contributed by atoms with Crippen molar-refractivity contribution in [1.82, 2.24) is 9.80 Å². The summed E-state index contributed by atoms with van der Waals surface area (Å²) in [7, 11) is 0. The first kappa shape index (κ1) is 18.2. The van der Waals surface area contributed by atoms with Crippen LogP contribution in [0, 0.1) is 0 Å². The largest absolute Gasteiger partial charge is 0.351 e. The molecular weight excluding hydrogens is 370 g/mol. The summed E-state index contributed by atoms with van der Waals surface area (Å²) in [5.41, 5.74) is 3.30. The Kier molecular flexibility index (Phi) is 4.68. The number of rotatable bonds is 1. The van der Waals surface area contributed by atoms with Gasteiger partial charge in [0.05, 0.1) is 17.4 Å². The second-order valence-electron chi connectivity index (χ2n) is 8.29. The lowest BCUT2D eigenvalue weighted by molar-refractivity contribution is 0.153. The number of amidine groups is 2. The molecule has 0 aromatic heterocycles. The quantitative estimate of drug-likeness (QED) is 0.710. The van der Waals surface area contributed by atoms with Crippen LogP contribution in [0.25, 0.3) is 0 Å². The summed E-state index contributed by atoms with van der Waals surface area (Å²) in [6.45, 7) is 8.79. The van der Waals surface area contributed by atoms with Crippen molar-refractivity contribution in [3.05, 3.63) is 35.0 Å². The zero-order chi connectivity index (χ0) is 19.3. The van der Waals surface area contributed by atoms with E-state index >= 15 is 0 Å². The molecule has 0 aliphatic carbocycles. The van der Waals surface area contributed by atoms with Gasteiger partial charge in [-0.1, -0.05) is 24.6 Å². The van der Waals surface area contributed by atoms with Crippen LogP contribution in [-0.2, 0) is 6.42 Å². The van der Waals surface area contributed by atoms with Gasteiger partial charge in [0, 0.05) is 36.9 Å². The molecule has 0 amide bonds. The molecule has 2 saturated heterocycles. The molecule has 4 aliphatic heterocycles. The maximum atomic E-state index is 6.45. The number of halogens is 1. The van der Waals surface area contributed by atoms with E-state index in [2.05, 4.69) is 46.9 Å². The van der Waals surface area contributed by atoms with Crippen molar-refractivity contribution in [2.45, 2.75) is 51.6 Å². The highest BCUT2D eigenvalue weighted by atomic mass is 35.5. The van der Waals surface area contributed by atoms with Crippen LogP contribution in [0.1, 0.15) is 38.7 Å². The fraction of sp³-hybridized carbons (Fsp3) is 0.545. The molecule has 0 spiro atoms. The Bertz CT molecular complexity index is 874. The third-order valence-electron chi connectivity index (χ3n) is 6.38. The van der Waals surface area contributed by atoms with E-state index in [1.165, 1.54) is 24.9 Å². The molecule has 2 fully saturated rings. The normalized spacial score (nSPS) is 27.0. The topological polar surface area (TPSA) is 34.4 Å². The molecule has 6 heteroatoms.